The first kappa shape index (κ1) is 35.5. The van der Waals surface area contributed by atoms with E-state index in [1.54, 1.807) is 0 Å². The lowest BCUT2D eigenvalue weighted by molar-refractivity contribution is -0.138. The Labute approximate surface area is 223 Å². The molecule has 0 unspecified atom stereocenters. The summed E-state index contributed by atoms with van der Waals surface area (Å²) >= 11 is 3.29. The Morgan fingerprint density at radius 3 is 0.778 bits per heavy atom. The summed E-state index contributed by atoms with van der Waals surface area (Å²) in [7, 11) is 0. The molecule has 216 valence electrons. The van der Waals surface area contributed by atoms with Gasteiger partial charge < -0.3 is 52.5 Å². The number of hydrogen-bond acceptors (Lipinski definition) is 11. The highest BCUT2D eigenvalue weighted by Crippen LogP contribution is 1.87. The molecule has 1 N–H and O–H groups in total. The van der Waals surface area contributed by atoms with Crippen LogP contribution in [0.5, 0.6) is 0 Å². The van der Waals surface area contributed by atoms with Gasteiger partial charge in [-0.25, -0.2) is 0 Å². The highest BCUT2D eigenvalue weighted by Gasteiger charge is 1.97. The van der Waals surface area contributed by atoms with Crippen LogP contribution in [0.4, 0.5) is 0 Å². The first-order valence-electron chi connectivity index (χ1n) is 12.3. The summed E-state index contributed by atoms with van der Waals surface area (Å²) in [6, 6.07) is 0. The minimum Gasteiger partial charge on any atom is -0.481 e. The van der Waals surface area contributed by atoms with Gasteiger partial charge in [0.2, 0.25) is 0 Å². The molecule has 0 aliphatic carbocycles. The third kappa shape index (κ3) is 33.5. The number of ether oxygens (including phenoxy) is 10. The van der Waals surface area contributed by atoms with E-state index in [1.807, 2.05) is 0 Å². The fraction of sp³-hybridized carbons (Fsp3) is 0.957. The molecule has 0 fully saturated rings. The first-order valence-corrected chi connectivity index (χ1v) is 13.4. The minimum atomic E-state index is -0.871. The van der Waals surface area contributed by atoms with Crippen LogP contribution in [0.3, 0.4) is 0 Å². The Morgan fingerprint density at radius 2 is 0.583 bits per heavy atom. The van der Waals surface area contributed by atoms with Crippen LogP contribution in [0, 0.1) is 0 Å². The van der Waals surface area contributed by atoms with Gasteiger partial charge in [-0.3, -0.25) is 4.79 Å². The first-order chi connectivity index (χ1) is 17.8. The van der Waals surface area contributed by atoms with Crippen LogP contribution in [0.25, 0.3) is 0 Å². The Morgan fingerprint density at radius 1 is 0.389 bits per heavy atom. The van der Waals surface area contributed by atoms with E-state index in [2.05, 4.69) is 15.9 Å². The van der Waals surface area contributed by atoms with Crippen molar-refractivity contribution >= 4 is 21.9 Å². The van der Waals surface area contributed by atoms with Gasteiger partial charge in [-0.1, -0.05) is 15.9 Å². The topological polar surface area (TPSA) is 130 Å². The summed E-state index contributed by atoms with van der Waals surface area (Å²) in [5, 5.41) is 9.29. The summed E-state index contributed by atoms with van der Waals surface area (Å²) < 4.78 is 53.5. The van der Waals surface area contributed by atoms with Crippen molar-refractivity contribution in [3.8, 4) is 0 Å². The van der Waals surface area contributed by atoms with Gasteiger partial charge >= 0.3 is 5.97 Å². The molecule has 0 amide bonds. The molecule has 0 radical (unpaired) electrons. The zero-order valence-electron chi connectivity index (χ0n) is 21.4. The summed E-state index contributed by atoms with van der Waals surface area (Å²) in [4.78, 5) is 10.3. The van der Waals surface area contributed by atoms with Crippen LogP contribution in [0.15, 0.2) is 0 Å². The smallest absolute Gasteiger partial charge is 0.305 e. The summed E-state index contributed by atoms with van der Waals surface area (Å²) in [6.45, 7) is 9.88. The van der Waals surface area contributed by atoms with Crippen LogP contribution in [0.2, 0.25) is 0 Å². The van der Waals surface area contributed by atoms with Crippen LogP contribution in [0.1, 0.15) is 6.42 Å². The Kier molecular flexibility index (Phi) is 32.2. The van der Waals surface area contributed by atoms with Crippen LogP contribution >= 0.6 is 15.9 Å². The monoisotopic (exact) mass is 592 g/mol. The third-order valence-corrected chi connectivity index (χ3v) is 4.35. The maximum absolute atomic E-state index is 10.3. The molecule has 0 aliphatic heterocycles. The number of alkyl halides is 1. The summed E-state index contributed by atoms with van der Waals surface area (Å²) in [5.74, 6) is -0.871. The molecule has 0 aliphatic rings. The van der Waals surface area contributed by atoms with E-state index >= 15 is 0 Å². The van der Waals surface area contributed by atoms with Crippen molar-refractivity contribution in [3.63, 3.8) is 0 Å². The van der Waals surface area contributed by atoms with Crippen molar-refractivity contribution in [2.45, 2.75) is 6.42 Å². The SMILES string of the molecule is O=C(O)CCOCCOCCOCCOCCOCCOCCOCCOCCOCCOCCBr. The average Bonchev–Trinajstić information content (AvgIpc) is 2.87. The van der Waals surface area contributed by atoms with E-state index in [9.17, 15) is 4.79 Å². The maximum Gasteiger partial charge on any atom is 0.305 e. The van der Waals surface area contributed by atoms with Crippen LogP contribution in [-0.4, -0.2) is 149 Å². The molecule has 13 heteroatoms. The fourth-order valence-electron chi connectivity index (χ4n) is 2.30. The van der Waals surface area contributed by atoms with Gasteiger partial charge in [-0.2, -0.15) is 0 Å². The van der Waals surface area contributed by atoms with E-state index in [0.717, 1.165) is 5.33 Å². The standard InChI is InChI=1S/C23H45BrO12/c24-2-4-28-6-8-30-10-12-32-14-16-34-18-20-36-22-21-35-19-17-33-15-13-31-11-9-29-7-5-27-3-1-23(25)26/h1-22H2,(H,25,26). The van der Waals surface area contributed by atoms with Gasteiger partial charge in [0.05, 0.1) is 139 Å². The van der Waals surface area contributed by atoms with Crippen molar-refractivity contribution in [3.05, 3.63) is 0 Å². The Hall–Kier alpha value is -0.450. The number of carboxylic acid groups (broad SMARTS) is 1. The second-order valence-electron chi connectivity index (χ2n) is 6.96. The number of carboxylic acids is 1. The van der Waals surface area contributed by atoms with Crippen molar-refractivity contribution in [2.75, 3.05) is 137 Å². The lowest BCUT2D eigenvalue weighted by Crippen LogP contribution is -2.15. The van der Waals surface area contributed by atoms with E-state index in [1.165, 1.54) is 0 Å². The number of carbonyl (C=O) groups is 1. The molecule has 0 spiro atoms. The molecule has 0 aromatic carbocycles. The quantitative estimate of drug-likeness (QED) is 0.0883. The van der Waals surface area contributed by atoms with Gasteiger partial charge in [0.15, 0.2) is 0 Å². The third-order valence-electron chi connectivity index (χ3n) is 4.03. The molecule has 36 heavy (non-hydrogen) atoms. The number of rotatable bonds is 32. The number of hydrogen-bond donors (Lipinski definition) is 1. The molecule has 0 heterocycles. The second kappa shape index (κ2) is 32.6. The van der Waals surface area contributed by atoms with Gasteiger partial charge in [-0.05, 0) is 0 Å². The lowest BCUT2D eigenvalue weighted by atomic mass is 10.5. The highest BCUT2D eigenvalue weighted by atomic mass is 79.9. The molecule has 0 saturated heterocycles. The Bertz CT molecular complexity index is 434. The fourth-order valence-corrected chi connectivity index (χ4v) is 2.52. The number of aliphatic carboxylic acids is 1. The van der Waals surface area contributed by atoms with Crippen molar-refractivity contribution in [2.24, 2.45) is 0 Å². The predicted octanol–water partition coefficient (Wildman–Crippen LogP) is 1.02. The highest BCUT2D eigenvalue weighted by molar-refractivity contribution is 9.09. The van der Waals surface area contributed by atoms with Gasteiger partial charge in [0.25, 0.3) is 0 Å². The van der Waals surface area contributed by atoms with E-state index < -0.39 is 5.97 Å². The molecule has 0 rings (SSSR count). The zero-order chi connectivity index (χ0) is 26.2. The van der Waals surface area contributed by atoms with Crippen LogP contribution in [-0.2, 0) is 52.2 Å². The minimum absolute atomic E-state index is 0.00168. The van der Waals surface area contributed by atoms with Crippen LogP contribution < -0.4 is 0 Å². The van der Waals surface area contributed by atoms with Gasteiger partial charge in [-0.15, -0.1) is 0 Å². The molecule has 12 nitrogen and oxygen atoms in total. The normalized spacial score (nSPS) is 11.4. The molecule has 0 saturated carbocycles. The summed E-state index contributed by atoms with van der Waals surface area (Å²) in [6.07, 6.45) is 0.00168. The zero-order valence-corrected chi connectivity index (χ0v) is 23.0. The molecule has 0 bridgehead atoms. The van der Waals surface area contributed by atoms with E-state index in [-0.39, 0.29) is 13.0 Å². The van der Waals surface area contributed by atoms with Crippen molar-refractivity contribution in [1.29, 1.82) is 0 Å². The van der Waals surface area contributed by atoms with Gasteiger partial charge in [0.1, 0.15) is 0 Å². The molecule has 0 aromatic rings. The van der Waals surface area contributed by atoms with Crippen molar-refractivity contribution in [1.82, 2.24) is 0 Å². The lowest BCUT2D eigenvalue weighted by Gasteiger charge is -2.09. The predicted molar refractivity (Wildman–Crippen MR) is 134 cm³/mol. The molecular formula is C23H45BrO12. The van der Waals surface area contributed by atoms with Crippen molar-refractivity contribution < 1.29 is 57.3 Å². The number of halogens is 1. The molecule has 0 atom stereocenters. The van der Waals surface area contributed by atoms with Gasteiger partial charge in [0, 0.05) is 5.33 Å². The second-order valence-corrected chi connectivity index (χ2v) is 7.75. The largest absolute Gasteiger partial charge is 0.481 e. The molecular weight excluding hydrogens is 548 g/mol. The average molecular weight is 594 g/mol. The Balaban J connectivity index is 3.02. The summed E-state index contributed by atoms with van der Waals surface area (Å²) in [5.41, 5.74) is 0. The van der Waals surface area contributed by atoms with E-state index in [4.69, 9.17) is 52.5 Å². The van der Waals surface area contributed by atoms with E-state index in [0.29, 0.717) is 126 Å². The molecule has 0 aromatic heterocycles. The maximum atomic E-state index is 10.3.